The van der Waals surface area contributed by atoms with Gasteiger partial charge < -0.3 is 15.0 Å². The van der Waals surface area contributed by atoms with E-state index in [1.54, 1.807) is 18.6 Å². The van der Waals surface area contributed by atoms with Crippen molar-refractivity contribution in [1.82, 2.24) is 24.8 Å². The molecule has 4 rings (SSSR count). The van der Waals surface area contributed by atoms with Crippen LogP contribution in [0.4, 0.5) is 4.79 Å². The van der Waals surface area contributed by atoms with Gasteiger partial charge in [-0.3, -0.25) is 0 Å². The zero-order valence-corrected chi connectivity index (χ0v) is 14.2. The van der Waals surface area contributed by atoms with Crippen LogP contribution in [-0.2, 0) is 0 Å². The zero-order chi connectivity index (χ0) is 17.9. The Morgan fingerprint density at radius 3 is 2.35 bits per heavy atom. The quantitative estimate of drug-likeness (QED) is 0.756. The number of piperidine rings is 1. The number of rotatable bonds is 3. The number of carbonyl (C=O) groups is 1. The fraction of sp³-hybridized carbons (Fsp3) is 0.263. The number of H-pyrrole nitrogens is 1. The second-order valence-electron chi connectivity index (χ2n) is 6.39. The van der Waals surface area contributed by atoms with Crippen LogP contribution in [0, 0.1) is 0 Å². The maximum absolute atomic E-state index is 11.0. The van der Waals surface area contributed by atoms with E-state index in [9.17, 15) is 4.79 Å². The van der Waals surface area contributed by atoms with Gasteiger partial charge >= 0.3 is 6.09 Å². The van der Waals surface area contributed by atoms with Crippen LogP contribution in [0.2, 0.25) is 0 Å². The minimum Gasteiger partial charge on any atom is -0.465 e. The van der Waals surface area contributed by atoms with E-state index in [4.69, 9.17) is 5.11 Å². The first-order valence-electron chi connectivity index (χ1n) is 8.61. The monoisotopic (exact) mass is 349 g/mol. The third-order valence-corrected chi connectivity index (χ3v) is 4.74. The maximum Gasteiger partial charge on any atom is 0.407 e. The number of amides is 1. The second-order valence-corrected chi connectivity index (χ2v) is 6.39. The van der Waals surface area contributed by atoms with E-state index in [2.05, 4.69) is 19.9 Å². The molecular formula is C19H19N5O2. The van der Waals surface area contributed by atoms with Crippen molar-refractivity contribution in [3.8, 4) is 22.6 Å². The number of carboxylic acid groups (broad SMARTS) is 1. The summed E-state index contributed by atoms with van der Waals surface area (Å²) in [6.45, 7) is 1.09. The topological polar surface area (TPSA) is 95.0 Å². The van der Waals surface area contributed by atoms with Crippen molar-refractivity contribution >= 4 is 6.09 Å². The van der Waals surface area contributed by atoms with Crippen molar-refractivity contribution < 1.29 is 9.90 Å². The summed E-state index contributed by atoms with van der Waals surface area (Å²) >= 11 is 0. The summed E-state index contributed by atoms with van der Waals surface area (Å²) in [7, 11) is 0. The van der Waals surface area contributed by atoms with E-state index in [0.717, 1.165) is 35.5 Å². The average molecular weight is 349 g/mol. The van der Waals surface area contributed by atoms with Crippen molar-refractivity contribution in [2.45, 2.75) is 18.8 Å². The first-order chi connectivity index (χ1) is 12.7. The molecule has 0 bridgehead atoms. The number of likely N-dealkylation sites (tertiary alicyclic amines) is 1. The van der Waals surface area contributed by atoms with E-state index in [0.29, 0.717) is 18.9 Å². The van der Waals surface area contributed by atoms with Gasteiger partial charge in [-0.25, -0.2) is 19.7 Å². The first kappa shape index (κ1) is 16.3. The number of imidazole rings is 1. The molecule has 1 aliphatic rings. The molecule has 1 amide bonds. The van der Waals surface area contributed by atoms with Gasteiger partial charge in [-0.05, 0) is 12.8 Å². The standard InChI is InChI=1S/C19H19N5O2/c25-19(26)24-8-6-14(7-9-24)18-22-12-16(23-18)15-10-20-17(21-11-15)13-4-2-1-3-5-13/h1-5,10-12,14H,6-9H2,(H,22,23)(H,25,26). The van der Waals surface area contributed by atoms with Crippen LogP contribution in [-0.4, -0.2) is 49.1 Å². The highest BCUT2D eigenvalue weighted by atomic mass is 16.4. The fourth-order valence-corrected chi connectivity index (χ4v) is 3.24. The molecule has 3 aromatic rings. The molecule has 0 aliphatic carbocycles. The molecule has 0 atom stereocenters. The van der Waals surface area contributed by atoms with Crippen molar-refractivity contribution in [2.75, 3.05) is 13.1 Å². The summed E-state index contributed by atoms with van der Waals surface area (Å²) in [6.07, 6.45) is 6.09. The van der Waals surface area contributed by atoms with E-state index in [-0.39, 0.29) is 5.92 Å². The summed E-state index contributed by atoms with van der Waals surface area (Å²) in [5.74, 6) is 1.84. The summed E-state index contributed by atoms with van der Waals surface area (Å²) in [6, 6.07) is 9.84. The Morgan fingerprint density at radius 1 is 1.00 bits per heavy atom. The van der Waals surface area contributed by atoms with Gasteiger partial charge in [0.15, 0.2) is 5.82 Å². The summed E-state index contributed by atoms with van der Waals surface area (Å²) < 4.78 is 0. The minimum absolute atomic E-state index is 0.254. The SMILES string of the molecule is O=C(O)N1CCC(c2ncc(-c3cnc(-c4ccccc4)nc3)[nH]2)CC1. The minimum atomic E-state index is -0.848. The van der Waals surface area contributed by atoms with Crippen LogP contribution in [0.15, 0.2) is 48.9 Å². The van der Waals surface area contributed by atoms with Crippen LogP contribution in [0.25, 0.3) is 22.6 Å². The molecule has 0 unspecified atom stereocenters. The highest BCUT2D eigenvalue weighted by Gasteiger charge is 2.25. The van der Waals surface area contributed by atoms with Crippen LogP contribution >= 0.6 is 0 Å². The summed E-state index contributed by atoms with van der Waals surface area (Å²) in [4.78, 5) is 29.2. The van der Waals surface area contributed by atoms with Gasteiger partial charge in [0, 0.05) is 42.5 Å². The molecule has 0 radical (unpaired) electrons. The first-order valence-corrected chi connectivity index (χ1v) is 8.61. The van der Waals surface area contributed by atoms with Gasteiger partial charge in [0.05, 0.1) is 11.9 Å². The number of nitrogens with one attached hydrogen (secondary N) is 1. The molecule has 1 fully saturated rings. The van der Waals surface area contributed by atoms with Gasteiger partial charge in [0.25, 0.3) is 0 Å². The summed E-state index contributed by atoms with van der Waals surface area (Å²) in [5.41, 5.74) is 2.74. The predicted octanol–water partition coefficient (Wildman–Crippen LogP) is 3.39. The lowest BCUT2D eigenvalue weighted by atomic mass is 9.96. The van der Waals surface area contributed by atoms with Gasteiger partial charge in [-0.15, -0.1) is 0 Å². The maximum atomic E-state index is 11.0. The number of aromatic nitrogens is 4. The van der Waals surface area contributed by atoms with E-state index >= 15 is 0 Å². The number of nitrogens with zero attached hydrogens (tertiary/aromatic N) is 4. The van der Waals surface area contributed by atoms with Crippen molar-refractivity contribution in [1.29, 1.82) is 0 Å². The van der Waals surface area contributed by atoms with E-state index < -0.39 is 6.09 Å². The van der Waals surface area contributed by atoms with Gasteiger partial charge in [-0.1, -0.05) is 30.3 Å². The zero-order valence-electron chi connectivity index (χ0n) is 14.2. The Morgan fingerprint density at radius 2 is 1.69 bits per heavy atom. The Balaban J connectivity index is 1.47. The number of hydrogen-bond acceptors (Lipinski definition) is 4. The third-order valence-electron chi connectivity index (χ3n) is 4.74. The molecule has 7 heteroatoms. The molecule has 0 spiro atoms. The molecule has 2 N–H and O–H groups in total. The Bertz CT molecular complexity index is 884. The van der Waals surface area contributed by atoms with Crippen molar-refractivity contribution in [3.63, 3.8) is 0 Å². The molecule has 1 saturated heterocycles. The number of hydrogen-bond donors (Lipinski definition) is 2. The van der Waals surface area contributed by atoms with Crippen molar-refractivity contribution in [3.05, 3.63) is 54.7 Å². The largest absolute Gasteiger partial charge is 0.465 e. The molecule has 132 valence electrons. The Hall–Kier alpha value is -3.22. The lowest BCUT2D eigenvalue weighted by molar-refractivity contribution is 0.131. The molecule has 7 nitrogen and oxygen atoms in total. The predicted molar refractivity (Wildman–Crippen MR) is 96.6 cm³/mol. The lowest BCUT2D eigenvalue weighted by Gasteiger charge is -2.28. The van der Waals surface area contributed by atoms with Crippen LogP contribution in [0.1, 0.15) is 24.6 Å². The smallest absolute Gasteiger partial charge is 0.407 e. The van der Waals surface area contributed by atoms with Crippen LogP contribution in [0.3, 0.4) is 0 Å². The molecule has 2 aromatic heterocycles. The van der Waals surface area contributed by atoms with Gasteiger partial charge in [-0.2, -0.15) is 0 Å². The number of benzene rings is 1. The molecule has 1 aliphatic heterocycles. The molecule has 3 heterocycles. The van der Waals surface area contributed by atoms with Crippen LogP contribution < -0.4 is 0 Å². The molecule has 26 heavy (non-hydrogen) atoms. The Labute approximate surface area is 150 Å². The highest BCUT2D eigenvalue weighted by Crippen LogP contribution is 2.28. The molecule has 1 aromatic carbocycles. The van der Waals surface area contributed by atoms with E-state index in [1.165, 1.54) is 4.90 Å². The fourth-order valence-electron chi connectivity index (χ4n) is 3.24. The van der Waals surface area contributed by atoms with Crippen LogP contribution in [0.5, 0.6) is 0 Å². The number of aromatic amines is 1. The van der Waals surface area contributed by atoms with E-state index in [1.807, 2.05) is 30.3 Å². The summed E-state index contributed by atoms with van der Waals surface area (Å²) in [5, 5.41) is 9.04. The van der Waals surface area contributed by atoms with Crippen molar-refractivity contribution in [2.24, 2.45) is 0 Å². The Kier molecular flexibility index (Phi) is 4.35. The second kappa shape index (κ2) is 6.95. The average Bonchev–Trinajstić information content (AvgIpc) is 3.19. The molecular weight excluding hydrogens is 330 g/mol. The lowest BCUT2D eigenvalue weighted by Crippen LogP contribution is -2.37. The molecule has 0 saturated carbocycles. The third kappa shape index (κ3) is 3.28. The van der Waals surface area contributed by atoms with Gasteiger partial charge in [0.2, 0.25) is 0 Å². The normalized spacial score (nSPS) is 15.2. The highest BCUT2D eigenvalue weighted by molar-refractivity contribution is 5.65. The van der Waals surface area contributed by atoms with Gasteiger partial charge in [0.1, 0.15) is 5.82 Å².